The summed E-state index contributed by atoms with van der Waals surface area (Å²) in [5.74, 6) is 1.99. The largest absolute Gasteiger partial charge is 0.357 e. The molecule has 9 heteroatoms. The van der Waals surface area contributed by atoms with Crippen molar-refractivity contribution >= 4 is 15.8 Å². The van der Waals surface area contributed by atoms with Crippen LogP contribution in [-0.4, -0.2) is 41.0 Å². The average molecular weight is 364 g/mol. The minimum Gasteiger partial charge on any atom is -0.357 e. The molecule has 1 aliphatic rings. The van der Waals surface area contributed by atoms with Gasteiger partial charge in [0.15, 0.2) is 5.03 Å². The second kappa shape index (κ2) is 7.49. The molecule has 0 amide bonds. The highest BCUT2D eigenvalue weighted by molar-refractivity contribution is 7.89. The Morgan fingerprint density at radius 2 is 1.96 bits per heavy atom. The highest BCUT2D eigenvalue weighted by Crippen LogP contribution is 2.17. The number of anilines is 1. The second-order valence-electron chi connectivity index (χ2n) is 6.12. The lowest BCUT2D eigenvalue weighted by Crippen LogP contribution is -2.31. The Morgan fingerprint density at radius 3 is 2.64 bits per heavy atom. The fourth-order valence-corrected chi connectivity index (χ4v) is 3.92. The molecule has 0 spiro atoms. The van der Waals surface area contributed by atoms with E-state index in [0.29, 0.717) is 18.2 Å². The quantitative estimate of drug-likeness (QED) is 0.834. The summed E-state index contributed by atoms with van der Waals surface area (Å²) in [7, 11) is -3.68. The highest BCUT2D eigenvalue weighted by Gasteiger charge is 2.19. The van der Waals surface area contributed by atoms with Gasteiger partial charge in [0.25, 0.3) is 10.0 Å². The van der Waals surface area contributed by atoms with Crippen LogP contribution in [-0.2, 0) is 23.1 Å². The highest BCUT2D eigenvalue weighted by atomic mass is 32.2. The Kier molecular flexibility index (Phi) is 5.33. The first-order valence-corrected chi connectivity index (χ1v) is 10.1. The van der Waals surface area contributed by atoms with Crippen molar-refractivity contribution in [1.82, 2.24) is 24.2 Å². The molecule has 136 valence electrons. The molecular formula is C16H24N6O2S. The molecule has 3 rings (SSSR count). The maximum Gasteiger partial charge on any atom is 0.260 e. The summed E-state index contributed by atoms with van der Waals surface area (Å²) in [6.07, 6.45) is 6.79. The number of hydrogen-bond donors (Lipinski definition) is 1. The van der Waals surface area contributed by atoms with Crippen LogP contribution in [0.4, 0.5) is 5.82 Å². The lowest BCUT2D eigenvalue weighted by molar-refractivity contribution is 0.568. The SMILES string of the molecule is CCn1cc(S(=O)(=O)NCc2nccc(N3CCCCC3)n2)nc1C. The average Bonchev–Trinajstić information content (AvgIpc) is 3.03. The molecule has 0 aliphatic carbocycles. The Hall–Kier alpha value is -2.00. The first-order chi connectivity index (χ1) is 12.0. The van der Waals surface area contributed by atoms with Crippen molar-refractivity contribution in [3.63, 3.8) is 0 Å². The van der Waals surface area contributed by atoms with Gasteiger partial charge in [0.2, 0.25) is 0 Å². The Balaban J connectivity index is 1.70. The molecule has 2 aromatic rings. The summed E-state index contributed by atoms with van der Waals surface area (Å²) in [4.78, 5) is 15.0. The van der Waals surface area contributed by atoms with Crippen LogP contribution in [0.3, 0.4) is 0 Å². The zero-order valence-corrected chi connectivity index (χ0v) is 15.5. The molecule has 25 heavy (non-hydrogen) atoms. The van der Waals surface area contributed by atoms with Gasteiger partial charge in [-0.25, -0.2) is 28.1 Å². The van der Waals surface area contributed by atoms with Gasteiger partial charge in [0, 0.05) is 32.0 Å². The van der Waals surface area contributed by atoms with Gasteiger partial charge in [-0.1, -0.05) is 0 Å². The van der Waals surface area contributed by atoms with Gasteiger partial charge in [-0.05, 0) is 39.2 Å². The van der Waals surface area contributed by atoms with Crippen LogP contribution in [0.25, 0.3) is 0 Å². The second-order valence-corrected chi connectivity index (χ2v) is 7.83. The maximum absolute atomic E-state index is 12.4. The zero-order valence-electron chi connectivity index (χ0n) is 14.6. The van der Waals surface area contributed by atoms with Crippen LogP contribution < -0.4 is 9.62 Å². The number of hydrogen-bond acceptors (Lipinski definition) is 6. The van der Waals surface area contributed by atoms with Crippen LogP contribution in [0.2, 0.25) is 0 Å². The molecule has 0 radical (unpaired) electrons. The first kappa shape index (κ1) is 17.8. The van der Waals surface area contributed by atoms with Crippen molar-refractivity contribution in [2.75, 3.05) is 18.0 Å². The molecule has 3 heterocycles. The lowest BCUT2D eigenvalue weighted by Gasteiger charge is -2.27. The molecule has 1 fully saturated rings. The molecule has 2 aromatic heterocycles. The number of piperidine rings is 1. The first-order valence-electron chi connectivity index (χ1n) is 8.60. The van der Waals surface area contributed by atoms with Gasteiger partial charge >= 0.3 is 0 Å². The lowest BCUT2D eigenvalue weighted by atomic mass is 10.1. The fraction of sp³-hybridized carbons (Fsp3) is 0.562. The number of nitrogens with one attached hydrogen (secondary N) is 1. The molecule has 1 saturated heterocycles. The number of imidazole rings is 1. The van der Waals surface area contributed by atoms with Crippen LogP contribution in [0.1, 0.15) is 37.8 Å². The van der Waals surface area contributed by atoms with E-state index in [0.717, 1.165) is 31.7 Å². The molecule has 1 N–H and O–H groups in total. The third-order valence-electron chi connectivity index (χ3n) is 4.36. The monoisotopic (exact) mass is 364 g/mol. The predicted octanol–water partition coefficient (Wildman–Crippen LogP) is 1.47. The van der Waals surface area contributed by atoms with E-state index in [1.54, 1.807) is 23.9 Å². The summed E-state index contributed by atoms with van der Waals surface area (Å²) >= 11 is 0. The molecule has 8 nitrogen and oxygen atoms in total. The molecule has 0 atom stereocenters. The van der Waals surface area contributed by atoms with Crippen molar-refractivity contribution in [2.24, 2.45) is 0 Å². The van der Waals surface area contributed by atoms with Crippen LogP contribution >= 0.6 is 0 Å². The summed E-state index contributed by atoms with van der Waals surface area (Å²) < 4.78 is 29.2. The van der Waals surface area contributed by atoms with Crippen molar-refractivity contribution in [1.29, 1.82) is 0 Å². The smallest absolute Gasteiger partial charge is 0.260 e. The van der Waals surface area contributed by atoms with E-state index >= 15 is 0 Å². The number of rotatable bonds is 6. The maximum atomic E-state index is 12.4. The third-order valence-corrected chi connectivity index (χ3v) is 5.63. The van der Waals surface area contributed by atoms with Gasteiger partial charge in [-0.2, -0.15) is 0 Å². The molecular weight excluding hydrogens is 340 g/mol. The fourth-order valence-electron chi connectivity index (χ4n) is 2.94. The molecule has 0 aromatic carbocycles. The summed E-state index contributed by atoms with van der Waals surface area (Å²) in [6, 6.07) is 1.87. The summed E-state index contributed by atoms with van der Waals surface area (Å²) in [5, 5.41) is 0.0269. The van der Waals surface area contributed by atoms with Gasteiger partial charge in [0.05, 0.1) is 6.54 Å². The van der Waals surface area contributed by atoms with Crippen molar-refractivity contribution in [3.8, 4) is 0 Å². The topological polar surface area (TPSA) is 93.0 Å². The van der Waals surface area contributed by atoms with E-state index in [9.17, 15) is 8.42 Å². The Morgan fingerprint density at radius 1 is 1.20 bits per heavy atom. The van der Waals surface area contributed by atoms with Crippen molar-refractivity contribution < 1.29 is 8.42 Å². The van der Waals surface area contributed by atoms with Crippen LogP contribution in [0, 0.1) is 6.92 Å². The standard InChI is InChI=1S/C16H24N6O2S/c1-3-21-12-16(19-13(21)2)25(23,24)18-11-14-17-8-7-15(20-14)22-9-5-4-6-10-22/h7-8,12,18H,3-6,9-11H2,1-2H3. The number of aryl methyl sites for hydroxylation is 2. The van der Waals surface area contributed by atoms with Gasteiger partial charge in [0.1, 0.15) is 17.5 Å². The third kappa shape index (κ3) is 4.16. The van der Waals surface area contributed by atoms with E-state index in [1.807, 2.05) is 13.0 Å². The van der Waals surface area contributed by atoms with Gasteiger partial charge in [-0.3, -0.25) is 0 Å². The van der Waals surface area contributed by atoms with E-state index < -0.39 is 10.0 Å². The van der Waals surface area contributed by atoms with E-state index in [1.165, 1.54) is 6.42 Å². The Labute approximate surface area is 148 Å². The minimum absolute atomic E-state index is 0.0269. The molecule has 0 saturated carbocycles. The van der Waals surface area contributed by atoms with Crippen molar-refractivity contribution in [3.05, 3.63) is 30.1 Å². The summed E-state index contributed by atoms with van der Waals surface area (Å²) in [5.41, 5.74) is 0. The van der Waals surface area contributed by atoms with Crippen LogP contribution in [0.15, 0.2) is 23.5 Å². The number of nitrogens with zero attached hydrogens (tertiary/aromatic N) is 5. The Bertz CT molecular complexity index is 827. The summed E-state index contributed by atoms with van der Waals surface area (Å²) in [6.45, 7) is 6.41. The normalized spacial score (nSPS) is 15.5. The predicted molar refractivity (Wildman–Crippen MR) is 94.8 cm³/mol. The van der Waals surface area contributed by atoms with Crippen LogP contribution in [0.5, 0.6) is 0 Å². The number of aromatic nitrogens is 4. The van der Waals surface area contributed by atoms with E-state index in [-0.39, 0.29) is 11.6 Å². The van der Waals surface area contributed by atoms with Gasteiger partial charge < -0.3 is 9.47 Å². The zero-order chi connectivity index (χ0) is 17.9. The molecule has 1 aliphatic heterocycles. The molecule has 0 unspecified atom stereocenters. The number of sulfonamides is 1. The molecule has 0 bridgehead atoms. The van der Waals surface area contributed by atoms with E-state index in [2.05, 4.69) is 24.6 Å². The van der Waals surface area contributed by atoms with Crippen molar-refractivity contribution in [2.45, 2.75) is 51.2 Å². The minimum atomic E-state index is -3.68. The van der Waals surface area contributed by atoms with Gasteiger partial charge in [-0.15, -0.1) is 0 Å². The van der Waals surface area contributed by atoms with E-state index in [4.69, 9.17) is 0 Å².